The smallest absolute Gasteiger partial charge is 0.306 e. The first-order chi connectivity index (χ1) is 28.0. The molecule has 0 spiro atoms. The summed E-state index contributed by atoms with van der Waals surface area (Å²) in [5.74, 6) is -0.109. The van der Waals surface area contributed by atoms with Crippen LogP contribution in [-0.4, -0.2) is 51.3 Å². The fraction of sp³-hybridized carbons (Fsp3) is 0.863. The molecule has 7 heteroatoms. The van der Waals surface area contributed by atoms with Crippen molar-refractivity contribution < 1.29 is 28.6 Å². The number of hydrogen-bond donors (Lipinski definition) is 1. The van der Waals surface area contributed by atoms with E-state index in [0.29, 0.717) is 32.5 Å². The van der Waals surface area contributed by atoms with Crippen LogP contribution in [-0.2, 0) is 28.6 Å². The Kier molecular flexibility index (Phi) is 47.6. The Hall–Kier alpha value is -2.15. The summed E-state index contributed by atoms with van der Waals surface area (Å²) in [4.78, 5) is 34.7. The van der Waals surface area contributed by atoms with Gasteiger partial charge in [0.25, 0.3) is 6.47 Å². The van der Waals surface area contributed by atoms with Crippen LogP contribution >= 0.6 is 0 Å². The van der Waals surface area contributed by atoms with Gasteiger partial charge in [-0.25, -0.2) is 0 Å². The van der Waals surface area contributed by atoms with Crippen LogP contribution in [0.5, 0.6) is 0 Å². The second kappa shape index (κ2) is 45.9. The lowest BCUT2D eigenvalue weighted by atomic mass is 9.73. The molecule has 0 bridgehead atoms. The van der Waals surface area contributed by atoms with Gasteiger partial charge in [-0.15, -0.1) is 0 Å². The Morgan fingerprint density at radius 1 is 0.569 bits per heavy atom. The summed E-state index contributed by atoms with van der Waals surface area (Å²) in [5.41, 5.74) is 0.0544. The average Bonchev–Trinajstić information content (AvgIpc) is 3.17. The molecule has 0 heterocycles. The zero-order chi connectivity index (χ0) is 44.0. The molecule has 0 aliphatic carbocycles. The number of ether oxygens (including phenoxy) is 3. The molecule has 0 aromatic heterocycles. The second-order valence-electron chi connectivity index (χ2n) is 17.6. The Labute approximate surface area is 361 Å². The normalized spacial score (nSPS) is 12.1. The number of hydrogen-bond acceptors (Lipinski definition) is 7. The number of esters is 2. The van der Waals surface area contributed by atoms with Crippen molar-refractivity contribution in [3.8, 4) is 0 Å². The molecule has 0 saturated carbocycles. The molecule has 0 amide bonds. The largest absolute Gasteiger partial charge is 0.464 e. The predicted octanol–water partition coefficient (Wildman–Crippen LogP) is 15.0. The molecule has 7 nitrogen and oxygen atoms in total. The summed E-state index contributed by atoms with van der Waals surface area (Å²) in [6, 6.07) is 0. The van der Waals surface area contributed by atoms with E-state index in [1.807, 2.05) is 33.0 Å². The van der Waals surface area contributed by atoms with Gasteiger partial charge in [0.2, 0.25) is 0 Å². The van der Waals surface area contributed by atoms with Gasteiger partial charge in [0.1, 0.15) is 19.3 Å². The highest BCUT2D eigenvalue weighted by atomic mass is 16.5. The zero-order valence-electron chi connectivity index (χ0n) is 40.3. The van der Waals surface area contributed by atoms with E-state index < -0.39 is 0 Å². The molecule has 1 N–H and O–H groups in total. The van der Waals surface area contributed by atoms with E-state index in [2.05, 4.69) is 70.7 Å². The number of carbonyl (C=O) groups excluding carboxylic acids is 3. The Morgan fingerprint density at radius 3 is 1.50 bits per heavy atom. The molecular weight excluding hydrogens is 723 g/mol. The van der Waals surface area contributed by atoms with Gasteiger partial charge in [-0.1, -0.05) is 189 Å². The van der Waals surface area contributed by atoms with Gasteiger partial charge in [0.15, 0.2) is 0 Å². The van der Waals surface area contributed by atoms with E-state index in [0.717, 1.165) is 77.2 Å². The van der Waals surface area contributed by atoms with Crippen LogP contribution in [0.25, 0.3) is 0 Å². The fourth-order valence-corrected chi connectivity index (χ4v) is 7.51. The molecule has 0 rings (SSSR count). The average molecular weight is 822 g/mol. The highest BCUT2D eigenvalue weighted by Gasteiger charge is 2.31. The molecule has 344 valence electrons. The lowest BCUT2D eigenvalue weighted by molar-refractivity contribution is -0.152. The van der Waals surface area contributed by atoms with Crippen molar-refractivity contribution in [2.45, 2.75) is 248 Å². The first kappa shape index (κ1) is 60.2. The third-order valence-corrected chi connectivity index (χ3v) is 10.2. The number of nitrogens with one attached hydrogen (secondary N) is 1. The number of rotatable bonds is 39. The van der Waals surface area contributed by atoms with Gasteiger partial charge in [-0.3, -0.25) is 14.4 Å². The highest BCUT2D eigenvalue weighted by molar-refractivity contribution is 5.70. The quantitative estimate of drug-likeness (QED) is 0.0217. The molecule has 1 atom stereocenters. The third kappa shape index (κ3) is 48.2. The minimum atomic E-state index is -0.0850. The minimum absolute atomic E-state index is 0.0300. The molecule has 1 unspecified atom stereocenters. The van der Waals surface area contributed by atoms with Crippen LogP contribution in [0.3, 0.4) is 0 Å². The van der Waals surface area contributed by atoms with Gasteiger partial charge in [-0.05, 0) is 88.6 Å². The molecular formula is C51H99NO6. The standard InChI is InChI=1S/C39H75NO4.C10H18O2.C2H6/c1-8-10-12-14-16-20-24-28-35(44-37(42)32-38(3,4)33-39(5,6)34-40-7)29-25-21-17-18-22-26-30-36(41)43-31-27-23-19-15-13-11-9-2;1-2-3-4-5-6-7-8-9-12-10-11;1-2/h23,27,35,40H,8-22,24-26,28-34H2,1-7H3;7-8,10H,2-6,9H2,1H3;1-2H3/b27-23-;8-7-;. The molecule has 0 radical (unpaired) electrons. The number of carbonyl (C=O) groups is 3. The fourth-order valence-electron chi connectivity index (χ4n) is 7.51. The van der Waals surface area contributed by atoms with Crippen molar-refractivity contribution in [1.82, 2.24) is 5.32 Å². The monoisotopic (exact) mass is 822 g/mol. The molecule has 58 heavy (non-hydrogen) atoms. The van der Waals surface area contributed by atoms with Gasteiger partial charge in [-0.2, -0.15) is 0 Å². The molecule has 0 aromatic carbocycles. The van der Waals surface area contributed by atoms with E-state index in [1.165, 1.54) is 96.3 Å². The maximum absolute atomic E-state index is 13.0. The minimum Gasteiger partial charge on any atom is -0.464 e. The van der Waals surface area contributed by atoms with E-state index in [1.54, 1.807) is 0 Å². The summed E-state index contributed by atoms with van der Waals surface area (Å²) in [5, 5.41) is 3.29. The first-order valence-electron chi connectivity index (χ1n) is 24.3. The third-order valence-electron chi connectivity index (χ3n) is 10.2. The van der Waals surface area contributed by atoms with Crippen LogP contribution in [0.4, 0.5) is 0 Å². The second-order valence-corrected chi connectivity index (χ2v) is 17.6. The predicted molar refractivity (Wildman–Crippen MR) is 250 cm³/mol. The zero-order valence-corrected chi connectivity index (χ0v) is 40.3. The van der Waals surface area contributed by atoms with E-state index in [-0.39, 0.29) is 28.9 Å². The van der Waals surface area contributed by atoms with E-state index in [4.69, 9.17) is 9.47 Å². The van der Waals surface area contributed by atoms with Gasteiger partial charge in [0.05, 0.1) is 6.42 Å². The highest BCUT2D eigenvalue weighted by Crippen LogP contribution is 2.36. The molecule has 0 saturated heterocycles. The van der Waals surface area contributed by atoms with Gasteiger partial charge < -0.3 is 19.5 Å². The number of unbranched alkanes of at least 4 members (excludes halogenated alkanes) is 19. The van der Waals surface area contributed by atoms with Crippen LogP contribution in [0.15, 0.2) is 24.3 Å². The van der Waals surface area contributed by atoms with E-state index >= 15 is 0 Å². The molecule has 0 aromatic rings. The topological polar surface area (TPSA) is 90.9 Å². The van der Waals surface area contributed by atoms with Crippen molar-refractivity contribution in [2.75, 3.05) is 26.8 Å². The van der Waals surface area contributed by atoms with Crippen molar-refractivity contribution in [3.63, 3.8) is 0 Å². The van der Waals surface area contributed by atoms with E-state index in [9.17, 15) is 14.4 Å². The Balaban J connectivity index is -0.00000183. The Morgan fingerprint density at radius 2 is 1.02 bits per heavy atom. The maximum atomic E-state index is 13.0. The summed E-state index contributed by atoms with van der Waals surface area (Å²) < 4.78 is 16.0. The lowest BCUT2D eigenvalue weighted by Gasteiger charge is -2.34. The molecule has 0 aliphatic heterocycles. The maximum Gasteiger partial charge on any atom is 0.306 e. The van der Waals surface area contributed by atoms with Crippen molar-refractivity contribution in [1.29, 1.82) is 0 Å². The molecule has 0 aliphatic rings. The van der Waals surface area contributed by atoms with Crippen LogP contribution in [0.2, 0.25) is 0 Å². The summed E-state index contributed by atoms with van der Waals surface area (Å²) in [7, 11) is 1.99. The van der Waals surface area contributed by atoms with Crippen molar-refractivity contribution in [3.05, 3.63) is 24.3 Å². The van der Waals surface area contributed by atoms with Gasteiger partial charge in [0, 0.05) is 6.42 Å². The summed E-state index contributed by atoms with van der Waals surface area (Å²) in [6.45, 7) is 21.8. The van der Waals surface area contributed by atoms with Crippen LogP contribution < -0.4 is 5.32 Å². The summed E-state index contributed by atoms with van der Waals surface area (Å²) >= 11 is 0. The van der Waals surface area contributed by atoms with Crippen molar-refractivity contribution in [2.24, 2.45) is 10.8 Å². The van der Waals surface area contributed by atoms with Gasteiger partial charge >= 0.3 is 11.9 Å². The molecule has 0 fully saturated rings. The summed E-state index contributed by atoms with van der Waals surface area (Å²) in [6.07, 6.45) is 39.9. The lowest BCUT2D eigenvalue weighted by Crippen LogP contribution is -2.33. The van der Waals surface area contributed by atoms with Crippen molar-refractivity contribution >= 4 is 18.4 Å². The SMILES string of the molecule is CC.CCCCCC/C=C\COC(=O)CCCCCCCCC(CCCCCCCCC)OC(=O)CC(C)(C)CC(C)(C)CNC.CCCCCC/C=C\COC=O. The first-order valence-corrected chi connectivity index (χ1v) is 24.3. The number of allylic oxidation sites excluding steroid dienone is 2. The Bertz CT molecular complexity index is 943. The van der Waals surface area contributed by atoms with Crippen LogP contribution in [0.1, 0.15) is 242 Å². The van der Waals surface area contributed by atoms with Crippen LogP contribution in [0, 0.1) is 10.8 Å².